The number of aryl methyl sites for hydroxylation is 4. The van der Waals surface area contributed by atoms with E-state index in [0.29, 0.717) is 47.1 Å². The maximum absolute atomic E-state index is 12.8. The lowest BCUT2D eigenvalue weighted by molar-refractivity contribution is 0.0964. The first kappa shape index (κ1) is 83.3. The second kappa shape index (κ2) is 36.4. The van der Waals surface area contributed by atoms with Gasteiger partial charge in [0.2, 0.25) is 0 Å². The number of Topliss-reactive ketones (excluding diaryl/α,β-unsaturated/α-hetero) is 3. The Morgan fingerprint density at radius 2 is 0.863 bits per heavy atom. The van der Waals surface area contributed by atoms with Crippen LogP contribution >= 0.6 is 15.9 Å². The molecule has 102 heavy (non-hydrogen) atoms. The topological polar surface area (TPSA) is 122 Å². The summed E-state index contributed by atoms with van der Waals surface area (Å²) in [6.07, 6.45) is 24.6. The van der Waals surface area contributed by atoms with Gasteiger partial charge in [0.15, 0.2) is 17.3 Å². The van der Waals surface area contributed by atoms with Gasteiger partial charge in [-0.3, -0.25) is 14.4 Å². The van der Waals surface area contributed by atoms with Crippen LogP contribution in [0.15, 0.2) is 94.6 Å². The van der Waals surface area contributed by atoms with Gasteiger partial charge in [-0.15, -0.1) is 0 Å². The molecule has 3 N–H and O–H groups in total. The van der Waals surface area contributed by atoms with Gasteiger partial charge < -0.3 is 15.7 Å². The number of epoxide rings is 1. The highest BCUT2D eigenvalue weighted by molar-refractivity contribution is 9.10. The van der Waals surface area contributed by atoms with Crippen LogP contribution < -0.4 is 5.73 Å². The molecule has 0 bridgehead atoms. The molecule has 6 aliphatic rings. The lowest BCUT2D eigenvalue weighted by Gasteiger charge is -2.27. The van der Waals surface area contributed by atoms with Crippen molar-refractivity contribution in [2.24, 2.45) is 43.9 Å². The van der Waals surface area contributed by atoms with Gasteiger partial charge in [0.1, 0.15) is 11.6 Å². The molecule has 0 spiro atoms. The number of hydrogen-bond donors (Lipinski definition) is 2. The number of ketones is 3. The van der Waals surface area contributed by atoms with Crippen molar-refractivity contribution in [2.75, 3.05) is 6.61 Å². The first-order valence-corrected chi connectivity index (χ1v) is 39.5. The smallest absolute Gasteiger partial charge is 0.163 e. The second-order valence-corrected chi connectivity index (χ2v) is 37.1. The van der Waals surface area contributed by atoms with Crippen LogP contribution in [0.25, 0.3) is 0 Å². The van der Waals surface area contributed by atoms with E-state index < -0.39 is 11.6 Å². The number of halogens is 3. The molecule has 10 heteroatoms. The molecule has 0 aromatic heterocycles. The molecule has 5 aliphatic carbocycles. The standard InChI is InChI=1S/C17H25NO.C17H27N.C17H24O.C15H19BrO.C15H20O.C11H12F2O/c1-5-13-9-12(11-17(2,3)4)10-15-14(13)7-6-8-16(15)18-19;2*1-5-13-9-12(11-17(2,3)4)10-15-14(13)7-6-8-16(15)18;1-15(2,3)9-10-7-12-11(13(16)8-10)5-4-6-14(12)17;1-15(2,3)10-11-7-8-12-5-4-6-14(16)13(12)9-11;1-7(11-6-14-11)2-8-3-9(12)5-10(13)4-8/h9-10,19H,5-8,11H2,1-4H3;9-10,16H,5-8,11,18H2,1-4H3;9-10H,5-8,11H2,1-4H3;7-8H,4-6,9H2,1-3H3;7-9H,4-6,10H2,1-3H3;3-5,7,11H,2,6H2,1H3/b18-16+;;;;;/t;;;;;7-,11+/m.....0/s1. The van der Waals surface area contributed by atoms with Gasteiger partial charge >= 0.3 is 0 Å². The van der Waals surface area contributed by atoms with Crippen molar-refractivity contribution in [3.8, 4) is 0 Å². The quantitative estimate of drug-likeness (QED) is 0.0757. The van der Waals surface area contributed by atoms with Crippen LogP contribution in [-0.4, -0.2) is 41.0 Å². The molecule has 6 aromatic carbocycles. The van der Waals surface area contributed by atoms with Gasteiger partial charge in [0.25, 0.3) is 0 Å². The van der Waals surface area contributed by atoms with E-state index in [0.717, 1.165) is 168 Å². The fourth-order valence-electron chi connectivity index (χ4n) is 15.6. The number of nitrogens with zero attached hydrogens (tertiary/aromatic N) is 1. The van der Waals surface area contributed by atoms with E-state index in [9.17, 15) is 28.4 Å². The average molecular weight is 1460 g/mol. The Labute approximate surface area is 623 Å². The highest BCUT2D eigenvalue weighted by atomic mass is 79.9. The number of ether oxygens (including phenoxy) is 1. The Balaban J connectivity index is 0.000000172. The highest BCUT2D eigenvalue weighted by Crippen LogP contribution is 2.37. The molecule has 1 fully saturated rings. The molecule has 3 atom stereocenters. The van der Waals surface area contributed by atoms with Crippen LogP contribution in [0.3, 0.4) is 0 Å². The Kier molecular flexibility index (Phi) is 29.7. The van der Waals surface area contributed by atoms with Crippen LogP contribution in [0.5, 0.6) is 0 Å². The van der Waals surface area contributed by atoms with E-state index in [4.69, 9.17) is 10.5 Å². The van der Waals surface area contributed by atoms with Crippen LogP contribution in [0.1, 0.15) is 322 Å². The van der Waals surface area contributed by atoms with Crippen molar-refractivity contribution in [1.29, 1.82) is 0 Å². The first-order chi connectivity index (χ1) is 47.7. The zero-order chi connectivity index (χ0) is 75.2. The van der Waals surface area contributed by atoms with Gasteiger partial charge in [0, 0.05) is 58.1 Å². The Bertz CT molecular complexity index is 3870. The van der Waals surface area contributed by atoms with Crippen LogP contribution in [0, 0.1) is 44.6 Å². The number of carbonyl (C=O) groups is 3. The predicted octanol–water partition coefficient (Wildman–Crippen LogP) is 23.8. The van der Waals surface area contributed by atoms with Crippen LogP contribution in [0.4, 0.5) is 8.78 Å². The fourth-order valence-corrected chi connectivity index (χ4v) is 16.3. The molecular weight excluding hydrogens is 1330 g/mol. The molecule has 1 heterocycles. The van der Waals surface area contributed by atoms with Crippen molar-refractivity contribution in [3.63, 3.8) is 0 Å². The van der Waals surface area contributed by atoms with E-state index in [1.165, 1.54) is 103 Å². The predicted molar refractivity (Wildman–Crippen MR) is 426 cm³/mol. The minimum Gasteiger partial charge on any atom is -0.411 e. The summed E-state index contributed by atoms with van der Waals surface area (Å²) in [6, 6.07) is 28.5. The summed E-state index contributed by atoms with van der Waals surface area (Å²) in [7, 11) is 0. The summed E-state index contributed by atoms with van der Waals surface area (Å²) in [5.74, 6) is 0.297. The third kappa shape index (κ3) is 26.0. The largest absolute Gasteiger partial charge is 0.411 e. The molecule has 12 rings (SSSR count). The number of benzene rings is 6. The van der Waals surface area contributed by atoms with E-state index in [1.54, 1.807) is 5.56 Å². The van der Waals surface area contributed by atoms with Crippen LogP contribution in [-0.2, 0) is 94.6 Å². The molecule has 0 radical (unpaired) electrons. The monoisotopic (exact) mass is 1460 g/mol. The van der Waals surface area contributed by atoms with Crippen LogP contribution in [0.2, 0.25) is 0 Å². The van der Waals surface area contributed by atoms with Gasteiger partial charge in [-0.1, -0.05) is 189 Å². The number of fused-ring (bicyclic) bond motifs is 5. The maximum Gasteiger partial charge on any atom is 0.163 e. The third-order valence-corrected chi connectivity index (χ3v) is 20.7. The fraction of sp³-hybridized carbons (Fsp3) is 0.565. The lowest BCUT2D eigenvalue weighted by Crippen LogP contribution is -2.20. The van der Waals surface area contributed by atoms with Gasteiger partial charge in [-0.25, -0.2) is 8.78 Å². The Hall–Kier alpha value is -5.94. The summed E-state index contributed by atoms with van der Waals surface area (Å²) in [6.45, 7) is 43.3. The van der Waals surface area contributed by atoms with Gasteiger partial charge in [-0.05, 0) is 294 Å². The second-order valence-electron chi connectivity index (χ2n) is 36.3. The number of carbonyl (C=O) groups excluding carboxylic acids is 3. The first-order valence-electron chi connectivity index (χ1n) is 38.7. The third-order valence-electron chi connectivity index (χ3n) is 20.0. The molecular formula is C92H127BrF2N2O5. The molecule has 556 valence electrons. The van der Waals surface area contributed by atoms with E-state index in [-0.39, 0.29) is 33.8 Å². The average Bonchev–Trinajstić information content (AvgIpc) is 1.46. The molecule has 7 nitrogen and oxygen atoms in total. The minimum absolute atomic E-state index is 0.255. The number of hydrogen-bond acceptors (Lipinski definition) is 7. The van der Waals surface area contributed by atoms with Crippen molar-refractivity contribution in [2.45, 2.75) is 298 Å². The summed E-state index contributed by atoms with van der Waals surface area (Å²) < 4.78 is 31.9. The number of nitrogens with two attached hydrogens (primary N) is 1. The van der Waals surface area contributed by atoms with Crippen molar-refractivity contribution < 1.29 is 33.1 Å². The van der Waals surface area contributed by atoms with Crippen molar-refractivity contribution in [1.82, 2.24) is 0 Å². The zero-order valence-corrected chi connectivity index (χ0v) is 67.8. The number of oxime groups is 1. The Morgan fingerprint density at radius 1 is 0.471 bits per heavy atom. The summed E-state index contributed by atoms with van der Waals surface area (Å²) in [5.41, 5.74) is 32.7. The highest BCUT2D eigenvalue weighted by Gasteiger charge is 2.31. The zero-order valence-electron chi connectivity index (χ0n) is 66.2. The Morgan fingerprint density at radius 3 is 1.34 bits per heavy atom. The summed E-state index contributed by atoms with van der Waals surface area (Å²) in [5, 5.41) is 12.7. The lowest BCUT2D eigenvalue weighted by atomic mass is 9.80. The van der Waals surface area contributed by atoms with Gasteiger partial charge in [0.05, 0.1) is 18.4 Å². The molecule has 1 aliphatic heterocycles. The maximum atomic E-state index is 12.8. The normalized spacial score (nSPS) is 17.7. The number of rotatable bonds is 11. The van der Waals surface area contributed by atoms with E-state index in [2.05, 4.69) is 212 Å². The van der Waals surface area contributed by atoms with Gasteiger partial charge in [-0.2, -0.15) is 0 Å². The molecule has 0 amide bonds. The minimum atomic E-state index is -0.510. The summed E-state index contributed by atoms with van der Waals surface area (Å²) >= 11 is 3.62. The molecule has 1 unspecified atom stereocenters. The van der Waals surface area contributed by atoms with Crippen molar-refractivity contribution in [3.05, 3.63) is 207 Å². The van der Waals surface area contributed by atoms with E-state index >= 15 is 0 Å². The molecule has 0 saturated carbocycles. The van der Waals surface area contributed by atoms with E-state index in [1.807, 2.05) is 6.92 Å². The van der Waals surface area contributed by atoms with Crippen molar-refractivity contribution >= 4 is 39.0 Å². The molecule has 1 saturated heterocycles. The SMILES string of the molecule is CC(C)(C)Cc1cc(Br)c2c(c1)C(=O)CCC2.CC(C)(C)Cc1ccc2c(c1)C(=O)CCC2.CCc1cc(CC(C)(C)C)cc2c1CCC/C2=N\O.CCc1cc(CC(C)(C)C)cc2c1CCCC2=O.CCc1cc(CC(C)(C)C)cc2c1CCCC2N.C[C@@H](Cc1cc(F)cc(F)c1)[C@H]1CO1. The summed E-state index contributed by atoms with van der Waals surface area (Å²) in [4.78, 5) is 35.8. The molecule has 6 aromatic rings.